The van der Waals surface area contributed by atoms with Crippen LogP contribution in [0.15, 0.2) is 5.03 Å². The second kappa shape index (κ2) is 6.69. The van der Waals surface area contributed by atoms with Gasteiger partial charge in [-0.15, -0.1) is 0 Å². The number of hydrogen-bond donors (Lipinski definition) is 3. The number of sulfonamides is 1. The molecule has 0 aliphatic heterocycles. The molecule has 0 atom stereocenters. The number of nitrogens with zero attached hydrogens (tertiary/aromatic N) is 1. The molecule has 3 N–H and O–H groups in total. The van der Waals surface area contributed by atoms with Crippen molar-refractivity contribution in [3.63, 3.8) is 0 Å². The molecule has 1 aromatic rings. The van der Waals surface area contributed by atoms with E-state index in [4.69, 9.17) is 0 Å². The maximum absolute atomic E-state index is 12.4. The van der Waals surface area contributed by atoms with Crippen LogP contribution in [0.1, 0.15) is 43.9 Å². The minimum Gasteiger partial charge on any atom is -0.313 e. The Balaban J connectivity index is 2.07. The van der Waals surface area contributed by atoms with Gasteiger partial charge < -0.3 is 5.32 Å². The molecule has 0 radical (unpaired) electrons. The Kier molecular flexibility index (Phi) is 5.17. The van der Waals surface area contributed by atoms with Gasteiger partial charge in [-0.1, -0.05) is 19.8 Å². The first-order chi connectivity index (χ1) is 9.54. The van der Waals surface area contributed by atoms with Gasteiger partial charge in [0.25, 0.3) is 10.0 Å². The molecule has 7 heteroatoms. The van der Waals surface area contributed by atoms with Crippen molar-refractivity contribution in [3.05, 3.63) is 11.3 Å². The van der Waals surface area contributed by atoms with Gasteiger partial charge in [0.1, 0.15) is 0 Å². The highest BCUT2D eigenvalue weighted by atomic mass is 32.2. The molecule has 0 aromatic carbocycles. The monoisotopic (exact) mass is 300 g/mol. The van der Waals surface area contributed by atoms with E-state index in [1.54, 1.807) is 0 Å². The highest BCUT2D eigenvalue weighted by molar-refractivity contribution is 7.89. The lowest BCUT2D eigenvalue weighted by molar-refractivity contribution is 0.517. The molecule has 1 heterocycles. The Morgan fingerprint density at radius 1 is 1.35 bits per heavy atom. The fourth-order valence-corrected chi connectivity index (χ4v) is 3.93. The Bertz CT molecular complexity index is 533. The number of H-pyrrole nitrogens is 1. The van der Waals surface area contributed by atoms with Crippen molar-refractivity contribution in [2.45, 2.75) is 51.1 Å². The summed E-state index contributed by atoms with van der Waals surface area (Å²) >= 11 is 0. The van der Waals surface area contributed by atoms with Gasteiger partial charge in [0.15, 0.2) is 5.03 Å². The third-order valence-corrected chi connectivity index (χ3v) is 5.27. The molecule has 0 bridgehead atoms. The zero-order valence-electron chi connectivity index (χ0n) is 12.2. The molecule has 0 amide bonds. The number of aromatic amines is 1. The van der Waals surface area contributed by atoms with E-state index in [0.717, 1.165) is 30.6 Å². The Morgan fingerprint density at radius 2 is 2.05 bits per heavy atom. The maximum Gasteiger partial charge on any atom is 0.260 e. The average molecular weight is 300 g/mol. The maximum atomic E-state index is 12.4. The van der Waals surface area contributed by atoms with Crippen molar-refractivity contribution >= 4 is 10.0 Å². The summed E-state index contributed by atoms with van der Waals surface area (Å²) in [6.07, 6.45) is 4.65. The molecule has 0 saturated heterocycles. The van der Waals surface area contributed by atoms with Gasteiger partial charge in [-0.3, -0.25) is 5.10 Å². The van der Waals surface area contributed by atoms with Crippen LogP contribution in [0.5, 0.6) is 0 Å². The van der Waals surface area contributed by atoms with Gasteiger partial charge in [-0.2, -0.15) is 5.10 Å². The lowest BCUT2D eigenvalue weighted by atomic mass is 10.1. The third kappa shape index (κ3) is 3.59. The molecule has 114 valence electrons. The topological polar surface area (TPSA) is 86.9 Å². The molecule has 0 spiro atoms. The predicted octanol–water partition coefficient (Wildman–Crippen LogP) is 1.30. The van der Waals surface area contributed by atoms with Gasteiger partial charge in [-0.05, 0) is 32.2 Å². The summed E-state index contributed by atoms with van der Waals surface area (Å²) in [7, 11) is -3.52. The molecule has 1 aliphatic carbocycles. The minimum atomic E-state index is -3.52. The van der Waals surface area contributed by atoms with Crippen LogP contribution in [0, 0.1) is 12.8 Å². The van der Waals surface area contributed by atoms with E-state index in [-0.39, 0.29) is 5.03 Å². The van der Waals surface area contributed by atoms with Crippen LogP contribution in [0.2, 0.25) is 0 Å². The summed E-state index contributed by atoms with van der Waals surface area (Å²) < 4.78 is 27.4. The first-order valence-corrected chi connectivity index (χ1v) is 8.77. The molecular weight excluding hydrogens is 276 g/mol. The van der Waals surface area contributed by atoms with E-state index < -0.39 is 10.0 Å². The van der Waals surface area contributed by atoms with Crippen LogP contribution in [0.3, 0.4) is 0 Å². The third-order valence-electron chi connectivity index (χ3n) is 3.88. The van der Waals surface area contributed by atoms with E-state index in [9.17, 15) is 8.42 Å². The zero-order chi connectivity index (χ0) is 14.6. The van der Waals surface area contributed by atoms with Crippen molar-refractivity contribution in [3.8, 4) is 0 Å². The summed E-state index contributed by atoms with van der Waals surface area (Å²) in [4.78, 5) is 0. The second-order valence-electron chi connectivity index (χ2n) is 5.42. The van der Waals surface area contributed by atoms with Crippen molar-refractivity contribution < 1.29 is 8.42 Å². The molecular formula is C13H24N4O2S. The van der Waals surface area contributed by atoms with Crippen LogP contribution >= 0.6 is 0 Å². The highest BCUT2D eigenvalue weighted by Gasteiger charge is 2.25. The first-order valence-electron chi connectivity index (χ1n) is 7.28. The highest BCUT2D eigenvalue weighted by Crippen LogP contribution is 2.24. The Labute approximate surface area is 120 Å². The molecule has 0 unspecified atom stereocenters. The summed E-state index contributed by atoms with van der Waals surface area (Å²) in [5.41, 5.74) is 1.53. The summed E-state index contributed by atoms with van der Waals surface area (Å²) in [5, 5.41) is 10.0. The fourth-order valence-electron chi connectivity index (χ4n) is 2.62. The average Bonchev–Trinajstić information content (AvgIpc) is 3.04. The number of nitrogens with one attached hydrogen (secondary N) is 3. The summed E-state index contributed by atoms with van der Waals surface area (Å²) in [6.45, 7) is 5.66. The quantitative estimate of drug-likeness (QED) is 0.708. The summed E-state index contributed by atoms with van der Waals surface area (Å²) in [6, 6.07) is 0. The second-order valence-corrected chi connectivity index (χ2v) is 7.10. The SMILES string of the molecule is CCNCc1c(S(=O)(=O)NCC2CCCC2)n[nH]c1C. The molecule has 20 heavy (non-hydrogen) atoms. The van der Waals surface area contributed by atoms with E-state index in [0.29, 0.717) is 19.0 Å². The Hall–Kier alpha value is -0.920. The van der Waals surface area contributed by atoms with Gasteiger partial charge in [0, 0.05) is 24.3 Å². The smallest absolute Gasteiger partial charge is 0.260 e. The zero-order valence-corrected chi connectivity index (χ0v) is 13.0. The lowest BCUT2D eigenvalue weighted by Crippen LogP contribution is -2.30. The minimum absolute atomic E-state index is 0.133. The van der Waals surface area contributed by atoms with Crippen molar-refractivity contribution in [1.29, 1.82) is 0 Å². The summed E-state index contributed by atoms with van der Waals surface area (Å²) in [5.74, 6) is 0.474. The van der Waals surface area contributed by atoms with E-state index in [2.05, 4.69) is 20.2 Å². The van der Waals surface area contributed by atoms with Crippen LogP contribution in [0.4, 0.5) is 0 Å². The molecule has 1 aromatic heterocycles. The fraction of sp³-hybridized carbons (Fsp3) is 0.769. The number of aromatic nitrogens is 2. The van der Waals surface area contributed by atoms with Gasteiger partial charge in [-0.25, -0.2) is 13.1 Å². The molecule has 6 nitrogen and oxygen atoms in total. The molecule has 2 rings (SSSR count). The van der Waals surface area contributed by atoms with Gasteiger partial charge in [0.05, 0.1) is 0 Å². The van der Waals surface area contributed by atoms with E-state index in [1.807, 2.05) is 13.8 Å². The van der Waals surface area contributed by atoms with Gasteiger partial charge >= 0.3 is 0 Å². The first kappa shape index (κ1) is 15.5. The number of rotatable bonds is 7. The van der Waals surface area contributed by atoms with Crippen molar-refractivity contribution in [2.75, 3.05) is 13.1 Å². The van der Waals surface area contributed by atoms with Crippen LogP contribution < -0.4 is 10.0 Å². The van der Waals surface area contributed by atoms with Crippen molar-refractivity contribution in [1.82, 2.24) is 20.2 Å². The molecule has 1 aliphatic rings. The normalized spacial score (nSPS) is 16.9. The predicted molar refractivity (Wildman–Crippen MR) is 77.9 cm³/mol. The number of aryl methyl sites for hydroxylation is 1. The van der Waals surface area contributed by atoms with Crippen LogP contribution in [-0.4, -0.2) is 31.7 Å². The van der Waals surface area contributed by atoms with E-state index >= 15 is 0 Å². The lowest BCUT2D eigenvalue weighted by Gasteiger charge is -2.11. The number of hydrogen-bond acceptors (Lipinski definition) is 4. The molecule has 1 fully saturated rings. The van der Waals surface area contributed by atoms with Crippen LogP contribution in [-0.2, 0) is 16.6 Å². The van der Waals surface area contributed by atoms with Gasteiger partial charge in [0.2, 0.25) is 0 Å². The Morgan fingerprint density at radius 3 is 2.70 bits per heavy atom. The largest absolute Gasteiger partial charge is 0.313 e. The van der Waals surface area contributed by atoms with E-state index in [1.165, 1.54) is 12.8 Å². The molecule has 1 saturated carbocycles. The van der Waals surface area contributed by atoms with Crippen LogP contribution in [0.25, 0.3) is 0 Å². The standard InChI is InChI=1S/C13H24N4O2S/c1-3-14-9-12-10(2)16-17-13(12)20(18,19)15-8-11-6-4-5-7-11/h11,14-15H,3-9H2,1-2H3,(H,16,17). The van der Waals surface area contributed by atoms with Crippen molar-refractivity contribution in [2.24, 2.45) is 5.92 Å².